The summed E-state index contributed by atoms with van der Waals surface area (Å²) >= 11 is 12.2. The van der Waals surface area contributed by atoms with Crippen molar-refractivity contribution in [3.8, 4) is 11.3 Å². The predicted octanol–water partition coefficient (Wildman–Crippen LogP) is 5.62. The summed E-state index contributed by atoms with van der Waals surface area (Å²) in [5.74, 6) is -0.110. The Morgan fingerprint density at radius 1 is 1.23 bits per heavy atom. The van der Waals surface area contributed by atoms with E-state index >= 15 is 0 Å². The van der Waals surface area contributed by atoms with Gasteiger partial charge in [-0.05, 0) is 57.4 Å². The monoisotopic (exact) mass is 591 g/mol. The van der Waals surface area contributed by atoms with Gasteiger partial charge < -0.3 is 10.2 Å². The summed E-state index contributed by atoms with van der Waals surface area (Å²) in [6.07, 6.45) is 0.776. The van der Waals surface area contributed by atoms with Crippen molar-refractivity contribution in [2.24, 2.45) is 0 Å². The van der Waals surface area contributed by atoms with Crippen LogP contribution in [-0.4, -0.2) is 51.7 Å². The Kier molecular flexibility index (Phi) is 8.61. The van der Waals surface area contributed by atoms with Crippen molar-refractivity contribution < 1.29 is 4.79 Å². The Balaban J connectivity index is 1.49. The maximum atomic E-state index is 13.2. The third kappa shape index (κ3) is 6.71. The van der Waals surface area contributed by atoms with Crippen LogP contribution in [0.3, 0.4) is 0 Å². The zero-order valence-corrected chi connectivity index (χ0v) is 23.1. The summed E-state index contributed by atoms with van der Waals surface area (Å²) in [7, 11) is 3.98. The van der Waals surface area contributed by atoms with Crippen LogP contribution in [0.1, 0.15) is 6.42 Å². The SMILES string of the molecule is CN(C)CCCn1c(SCC(=O)Nc2nc(-c3cccc(Br)c3)cs2)nc2ccc(Cl)cc2c1=O. The molecule has 0 atom stereocenters. The molecule has 0 aliphatic rings. The summed E-state index contributed by atoms with van der Waals surface area (Å²) in [6.45, 7) is 1.33. The number of aromatic nitrogens is 3. The molecule has 0 aliphatic carbocycles. The van der Waals surface area contributed by atoms with E-state index in [-0.39, 0.29) is 17.2 Å². The van der Waals surface area contributed by atoms with Gasteiger partial charge in [-0.3, -0.25) is 14.2 Å². The highest BCUT2D eigenvalue weighted by atomic mass is 79.9. The van der Waals surface area contributed by atoms with Crippen molar-refractivity contribution in [2.75, 3.05) is 31.7 Å². The number of anilines is 1. The molecule has 4 aromatic rings. The topological polar surface area (TPSA) is 80.1 Å². The normalized spacial score (nSPS) is 11.3. The second-order valence-electron chi connectivity index (χ2n) is 8.05. The first-order valence-corrected chi connectivity index (χ1v) is 13.8. The molecule has 182 valence electrons. The molecule has 7 nitrogen and oxygen atoms in total. The highest BCUT2D eigenvalue weighted by Gasteiger charge is 2.15. The van der Waals surface area contributed by atoms with Gasteiger partial charge in [0, 0.05) is 27.0 Å². The van der Waals surface area contributed by atoms with E-state index in [1.165, 1.54) is 23.1 Å². The fourth-order valence-electron chi connectivity index (χ4n) is 3.42. The quantitative estimate of drug-likeness (QED) is 0.201. The van der Waals surface area contributed by atoms with E-state index in [9.17, 15) is 9.59 Å². The molecular formula is C24H23BrClN5O2S2. The second kappa shape index (κ2) is 11.7. The molecule has 2 heterocycles. The van der Waals surface area contributed by atoms with Gasteiger partial charge in [0.1, 0.15) is 0 Å². The van der Waals surface area contributed by atoms with Crippen molar-refractivity contribution in [1.82, 2.24) is 19.4 Å². The van der Waals surface area contributed by atoms with Crippen LogP contribution in [0.2, 0.25) is 5.02 Å². The van der Waals surface area contributed by atoms with E-state index in [1.54, 1.807) is 22.8 Å². The molecule has 1 N–H and O–H groups in total. The summed E-state index contributed by atoms with van der Waals surface area (Å²) in [4.78, 5) is 37.1. The fraction of sp³-hybridized carbons (Fsp3) is 0.250. The lowest BCUT2D eigenvalue weighted by atomic mass is 10.2. The lowest BCUT2D eigenvalue weighted by Crippen LogP contribution is -2.26. The lowest BCUT2D eigenvalue weighted by molar-refractivity contribution is -0.113. The van der Waals surface area contributed by atoms with Gasteiger partial charge in [0.05, 0.1) is 22.3 Å². The van der Waals surface area contributed by atoms with Crippen LogP contribution in [-0.2, 0) is 11.3 Å². The van der Waals surface area contributed by atoms with Crippen LogP contribution in [0.25, 0.3) is 22.2 Å². The molecule has 4 rings (SSSR count). The van der Waals surface area contributed by atoms with Crippen LogP contribution >= 0.6 is 50.6 Å². The number of thiazole rings is 1. The van der Waals surface area contributed by atoms with E-state index in [0.717, 1.165) is 28.7 Å². The third-order valence-electron chi connectivity index (χ3n) is 5.07. The molecule has 0 aliphatic heterocycles. The van der Waals surface area contributed by atoms with Crippen molar-refractivity contribution in [2.45, 2.75) is 18.1 Å². The zero-order chi connectivity index (χ0) is 24.9. The summed E-state index contributed by atoms with van der Waals surface area (Å²) < 4.78 is 2.60. The molecule has 0 radical (unpaired) electrons. The molecule has 11 heteroatoms. The number of nitrogens with one attached hydrogen (secondary N) is 1. The van der Waals surface area contributed by atoms with Crippen molar-refractivity contribution in [3.05, 3.63) is 67.7 Å². The number of rotatable bonds is 9. The zero-order valence-electron chi connectivity index (χ0n) is 19.1. The minimum Gasteiger partial charge on any atom is -0.309 e. The Labute approximate surface area is 224 Å². The van der Waals surface area contributed by atoms with E-state index in [1.807, 2.05) is 43.7 Å². The number of fused-ring (bicyclic) bond motifs is 1. The first-order valence-electron chi connectivity index (χ1n) is 10.8. The molecule has 0 spiro atoms. The maximum absolute atomic E-state index is 13.2. The van der Waals surface area contributed by atoms with E-state index < -0.39 is 0 Å². The number of carbonyl (C=O) groups excluding carboxylic acids is 1. The molecule has 0 bridgehead atoms. The summed E-state index contributed by atoms with van der Waals surface area (Å²) in [5, 5.41) is 6.75. The molecular weight excluding hydrogens is 570 g/mol. The largest absolute Gasteiger partial charge is 0.309 e. The van der Waals surface area contributed by atoms with Crippen LogP contribution < -0.4 is 10.9 Å². The number of benzene rings is 2. The number of halogens is 2. The minimum atomic E-state index is -0.213. The Bertz CT molecular complexity index is 1420. The number of thioether (sulfide) groups is 1. The van der Waals surface area contributed by atoms with Crippen molar-refractivity contribution in [3.63, 3.8) is 0 Å². The summed E-state index contributed by atoms with van der Waals surface area (Å²) in [5.41, 5.74) is 2.17. The average Bonchev–Trinajstić information content (AvgIpc) is 3.28. The van der Waals surface area contributed by atoms with Crippen LogP contribution in [0.4, 0.5) is 5.13 Å². The minimum absolute atomic E-state index is 0.102. The van der Waals surface area contributed by atoms with Gasteiger partial charge in [-0.25, -0.2) is 9.97 Å². The highest BCUT2D eigenvalue weighted by molar-refractivity contribution is 9.10. The van der Waals surface area contributed by atoms with Crippen LogP contribution in [0.15, 0.2) is 62.3 Å². The van der Waals surface area contributed by atoms with Crippen molar-refractivity contribution >= 4 is 72.6 Å². The van der Waals surface area contributed by atoms with Gasteiger partial charge >= 0.3 is 0 Å². The van der Waals surface area contributed by atoms with Gasteiger partial charge in [0.15, 0.2) is 10.3 Å². The van der Waals surface area contributed by atoms with E-state index in [0.29, 0.717) is 32.8 Å². The number of hydrogen-bond donors (Lipinski definition) is 1. The molecule has 0 fully saturated rings. The first kappa shape index (κ1) is 25.8. The fourth-order valence-corrected chi connectivity index (χ4v) is 5.55. The Morgan fingerprint density at radius 3 is 2.83 bits per heavy atom. The molecule has 0 unspecified atom stereocenters. The Morgan fingerprint density at radius 2 is 2.06 bits per heavy atom. The van der Waals surface area contributed by atoms with Gasteiger partial charge in [-0.15, -0.1) is 11.3 Å². The second-order valence-corrected chi connectivity index (χ2v) is 11.2. The smallest absolute Gasteiger partial charge is 0.262 e. The third-order valence-corrected chi connectivity index (χ3v) is 7.53. The molecule has 1 amide bonds. The maximum Gasteiger partial charge on any atom is 0.262 e. The Hall–Kier alpha value is -2.24. The number of nitrogens with zero attached hydrogens (tertiary/aromatic N) is 4. The van der Waals surface area contributed by atoms with E-state index in [2.05, 4.69) is 36.1 Å². The molecule has 0 saturated carbocycles. The molecule has 2 aromatic carbocycles. The standard InChI is InChI=1S/C24H23BrClN5O2S2/c1-30(2)9-4-10-31-22(33)18-12-17(26)7-8-19(18)28-24(31)35-14-21(32)29-23-27-20(13-34-23)15-5-3-6-16(25)11-15/h3,5-8,11-13H,4,9-10,14H2,1-2H3,(H,27,29,32). The number of amides is 1. The highest BCUT2D eigenvalue weighted by Crippen LogP contribution is 2.27. The van der Waals surface area contributed by atoms with E-state index in [4.69, 9.17) is 11.6 Å². The van der Waals surface area contributed by atoms with Gasteiger partial charge in [0.25, 0.3) is 5.56 Å². The molecule has 35 heavy (non-hydrogen) atoms. The van der Waals surface area contributed by atoms with Crippen LogP contribution in [0, 0.1) is 0 Å². The molecule has 2 aromatic heterocycles. The molecule has 0 saturated heterocycles. The van der Waals surface area contributed by atoms with Crippen molar-refractivity contribution in [1.29, 1.82) is 0 Å². The first-order chi connectivity index (χ1) is 16.8. The summed E-state index contributed by atoms with van der Waals surface area (Å²) in [6, 6.07) is 12.9. The number of carbonyl (C=O) groups is 1. The van der Waals surface area contributed by atoms with Gasteiger partial charge in [0.2, 0.25) is 5.91 Å². The van der Waals surface area contributed by atoms with Crippen LogP contribution in [0.5, 0.6) is 0 Å². The van der Waals surface area contributed by atoms with Gasteiger partial charge in [-0.1, -0.05) is 51.4 Å². The number of hydrogen-bond acceptors (Lipinski definition) is 7. The lowest BCUT2D eigenvalue weighted by Gasteiger charge is -2.15. The van der Waals surface area contributed by atoms with Gasteiger partial charge in [-0.2, -0.15) is 0 Å². The average molecular weight is 593 g/mol. The predicted molar refractivity (Wildman–Crippen MR) is 149 cm³/mol.